The summed E-state index contributed by atoms with van der Waals surface area (Å²) in [4.78, 5) is 18.3. The topological polar surface area (TPSA) is 93.4 Å². The van der Waals surface area contributed by atoms with E-state index in [-0.39, 0.29) is 15.7 Å². The van der Waals surface area contributed by atoms with Crippen LogP contribution in [0.25, 0.3) is 10.9 Å². The summed E-state index contributed by atoms with van der Waals surface area (Å²) in [6.45, 7) is 0.353. The maximum atomic E-state index is 12.5. The lowest BCUT2D eigenvalue weighted by atomic mass is 10.1. The summed E-state index contributed by atoms with van der Waals surface area (Å²) >= 11 is 1.07. The molecule has 0 aliphatic carbocycles. The second-order valence-corrected chi connectivity index (χ2v) is 7.80. The Kier molecular flexibility index (Phi) is 4.35. The van der Waals surface area contributed by atoms with Crippen molar-refractivity contribution in [1.82, 2.24) is 9.88 Å². The van der Waals surface area contributed by atoms with Crippen LogP contribution in [0.5, 0.6) is 0 Å². The van der Waals surface area contributed by atoms with Gasteiger partial charge in [-0.05, 0) is 35.2 Å². The van der Waals surface area contributed by atoms with Crippen LogP contribution in [-0.2, 0) is 16.6 Å². The van der Waals surface area contributed by atoms with Crippen LogP contribution in [0.1, 0.15) is 15.2 Å². The van der Waals surface area contributed by atoms with Crippen molar-refractivity contribution in [3.8, 4) is 0 Å². The SMILES string of the molecule is CN(Cc1ccc2ncccc2c1)C(=O)c1sccc1S(N)(=O)=O. The second kappa shape index (κ2) is 6.31. The Morgan fingerprint density at radius 1 is 1.29 bits per heavy atom. The Morgan fingerprint density at radius 3 is 2.83 bits per heavy atom. The fourth-order valence-electron chi connectivity index (χ4n) is 2.42. The molecule has 3 rings (SSSR count). The molecule has 3 aromatic rings. The minimum absolute atomic E-state index is 0.127. The summed E-state index contributed by atoms with van der Waals surface area (Å²) in [7, 11) is -2.29. The summed E-state index contributed by atoms with van der Waals surface area (Å²) < 4.78 is 23.1. The van der Waals surface area contributed by atoms with Crippen LogP contribution in [0.15, 0.2) is 52.9 Å². The number of fused-ring (bicyclic) bond motifs is 1. The van der Waals surface area contributed by atoms with Gasteiger partial charge in [0.2, 0.25) is 10.0 Å². The van der Waals surface area contributed by atoms with E-state index in [1.54, 1.807) is 18.6 Å². The molecule has 2 N–H and O–H groups in total. The molecule has 0 radical (unpaired) electrons. The third kappa shape index (κ3) is 3.30. The Hall–Kier alpha value is -2.29. The van der Waals surface area contributed by atoms with E-state index in [2.05, 4.69) is 4.98 Å². The molecular weight excluding hydrogens is 346 g/mol. The van der Waals surface area contributed by atoms with Crippen LogP contribution in [-0.4, -0.2) is 31.3 Å². The average molecular weight is 361 g/mol. The lowest BCUT2D eigenvalue weighted by Gasteiger charge is -2.17. The van der Waals surface area contributed by atoms with Gasteiger partial charge in [0.1, 0.15) is 9.77 Å². The van der Waals surface area contributed by atoms with E-state index >= 15 is 0 Å². The summed E-state index contributed by atoms with van der Waals surface area (Å²) in [6, 6.07) is 10.9. The average Bonchev–Trinajstić information content (AvgIpc) is 3.04. The summed E-state index contributed by atoms with van der Waals surface area (Å²) in [5.41, 5.74) is 1.81. The number of hydrogen-bond acceptors (Lipinski definition) is 5. The lowest BCUT2D eigenvalue weighted by molar-refractivity contribution is 0.0786. The van der Waals surface area contributed by atoms with E-state index in [9.17, 15) is 13.2 Å². The molecule has 0 atom stereocenters. The summed E-state index contributed by atoms with van der Waals surface area (Å²) in [5, 5.41) is 7.68. The van der Waals surface area contributed by atoms with Crippen molar-refractivity contribution in [2.24, 2.45) is 5.14 Å². The van der Waals surface area contributed by atoms with Gasteiger partial charge in [-0.1, -0.05) is 12.1 Å². The normalized spacial score (nSPS) is 11.6. The molecule has 0 fully saturated rings. The van der Waals surface area contributed by atoms with E-state index in [1.165, 1.54) is 11.0 Å². The molecule has 0 saturated carbocycles. The number of rotatable bonds is 4. The molecular formula is C16H15N3O3S2. The van der Waals surface area contributed by atoms with E-state index in [1.807, 2.05) is 30.3 Å². The smallest absolute Gasteiger partial charge is 0.265 e. The first-order chi connectivity index (χ1) is 11.4. The Balaban J connectivity index is 1.85. The first-order valence-electron chi connectivity index (χ1n) is 7.05. The van der Waals surface area contributed by atoms with Crippen LogP contribution >= 0.6 is 11.3 Å². The van der Waals surface area contributed by atoms with Crippen LogP contribution < -0.4 is 5.14 Å². The van der Waals surface area contributed by atoms with Crippen molar-refractivity contribution in [3.05, 3.63) is 58.4 Å². The van der Waals surface area contributed by atoms with E-state index < -0.39 is 10.0 Å². The molecule has 24 heavy (non-hydrogen) atoms. The molecule has 1 aromatic carbocycles. The van der Waals surface area contributed by atoms with Gasteiger partial charge in [-0.15, -0.1) is 11.3 Å². The Labute approximate surface area is 143 Å². The Morgan fingerprint density at radius 2 is 2.08 bits per heavy atom. The van der Waals surface area contributed by atoms with Crippen LogP contribution in [0, 0.1) is 0 Å². The van der Waals surface area contributed by atoms with Crippen molar-refractivity contribution in [1.29, 1.82) is 0 Å². The number of benzene rings is 1. The largest absolute Gasteiger partial charge is 0.337 e. The molecule has 8 heteroatoms. The number of nitrogens with two attached hydrogens (primary N) is 1. The highest BCUT2D eigenvalue weighted by Gasteiger charge is 2.23. The van der Waals surface area contributed by atoms with Crippen molar-refractivity contribution in [2.75, 3.05) is 7.05 Å². The maximum Gasteiger partial charge on any atom is 0.265 e. The highest BCUT2D eigenvalue weighted by molar-refractivity contribution is 7.89. The number of thiophene rings is 1. The standard InChI is InChI=1S/C16H15N3O3S2/c1-19(16(20)15-14(6-8-23-15)24(17,21)22)10-11-4-5-13-12(9-11)3-2-7-18-13/h2-9H,10H2,1H3,(H2,17,21,22). The second-order valence-electron chi connectivity index (χ2n) is 5.35. The molecule has 0 spiro atoms. The predicted octanol–water partition coefficient (Wildman–Crippen LogP) is 2.22. The number of amides is 1. The molecule has 0 aliphatic heterocycles. The highest BCUT2D eigenvalue weighted by Crippen LogP contribution is 2.23. The number of sulfonamides is 1. The third-order valence-corrected chi connectivity index (χ3v) is 5.55. The van der Waals surface area contributed by atoms with Gasteiger partial charge in [-0.3, -0.25) is 9.78 Å². The van der Waals surface area contributed by atoms with Crippen molar-refractivity contribution in [2.45, 2.75) is 11.4 Å². The van der Waals surface area contributed by atoms with Crippen molar-refractivity contribution >= 4 is 38.2 Å². The van der Waals surface area contributed by atoms with Gasteiger partial charge in [0.05, 0.1) is 5.52 Å². The van der Waals surface area contributed by atoms with E-state index in [0.29, 0.717) is 6.54 Å². The van der Waals surface area contributed by atoms with Crippen LogP contribution in [0.4, 0.5) is 0 Å². The molecule has 6 nitrogen and oxygen atoms in total. The fraction of sp³-hybridized carbons (Fsp3) is 0.125. The van der Waals surface area contributed by atoms with Gasteiger partial charge in [0, 0.05) is 25.2 Å². The van der Waals surface area contributed by atoms with E-state index in [4.69, 9.17) is 5.14 Å². The number of aromatic nitrogens is 1. The van der Waals surface area contributed by atoms with Crippen LogP contribution in [0.2, 0.25) is 0 Å². The van der Waals surface area contributed by atoms with Gasteiger partial charge >= 0.3 is 0 Å². The van der Waals surface area contributed by atoms with Crippen molar-refractivity contribution < 1.29 is 13.2 Å². The summed E-state index contributed by atoms with van der Waals surface area (Å²) in [6.07, 6.45) is 1.73. The number of pyridine rings is 1. The molecule has 2 aromatic heterocycles. The Bertz CT molecular complexity index is 1010. The predicted molar refractivity (Wildman–Crippen MR) is 93.2 cm³/mol. The third-order valence-electron chi connectivity index (χ3n) is 3.56. The zero-order chi connectivity index (χ0) is 17.3. The fourth-order valence-corrected chi connectivity index (χ4v) is 4.38. The zero-order valence-corrected chi connectivity index (χ0v) is 14.5. The number of hydrogen-bond donors (Lipinski definition) is 1. The molecule has 0 bridgehead atoms. The zero-order valence-electron chi connectivity index (χ0n) is 12.8. The van der Waals surface area contributed by atoms with Gasteiger partial charge in [-0.25, -0.2) is 13.6 Å². The number of carbonyl (C=O) groups is 1. The van der Waals surface area contributed by atoms with Gasteiger partial charge < -0.3 is 4.90 Å². The van der Waals surface area contributed by atoms with Gasteiger partial charge in [0.25, 0.3) is 5.91 Å². The summed E-state index contributed by atoms with van der Waals surface area (Å²) in [5.74, 6) is -0.375. The number of nitrogens with zero attached hydrogens (tertiary/aromatic N) is 2. The molecule has 0 saturated heterocycles. The van der Waals surface area contributed by atoms with Crippen LogP contribution in [0.3, 0.4) is 0 Å². The highest BCUT2D eigenvalue weighted by atomic mass is 32.2. The molecule has 124 valence electrons. The first kappa shape index (κ1) is 16.6. The van der Waals surface area contributed by atoms with E-state index in [0.717, 1.165) is 27.8 Å². The monoisotopic (exact) mass is 361 g/mol. The van der Waals surface area contributed by atoms with Crippen molar-refractivity contribution in [3.63, 3.8) is 0 Å². The molecule has 0 aliphatic rings. The molecule has 1 amide bonds. The molecule has 2 heterocycles. The number of primary sulfonamides is 1. The first-order valence-corrected chi connectivity index (χ1v) is 9.48. The van der Waals surface area contributed by atoms with Gasteiger partial charge in [0.15, 0.2) is 0 Å². The van der Waals surface area contributed by atoms with Gasteiger partial charge in [-0.2, -0.15) is 0 Å². The quantitative estimate of drug-likeness (QED) is 0.771. The molecule has 0 unspecified atom stereocenters. The maximum absolute atomic E-state index is 12.5. The minimum atomic E-state index is -3.92. The number of carbonyl (C=O) groups excluding carboxylic acids is 1. The lowest BCUT2D eigenvalue weighted by Crippen LogP contribution is -2.27. The minimum Gasteiger partial charge on any atom is -0.337 e.